The number of nitrogens with two attached hydrogens (primary N) is 1. The number of unbranched alkanes of at least 4 members (excludes halogenated alkanes) is 2. The molecule has 0 saturated carbocycles. The highest BCUT2D eigenvalue weighted by atomic mass is 16.5. The van der Waals surface area contributed by atoms with Gasteiger partial charge in [0.25, 0.3) is 0 Å². The summed E-state index contributed by atoms with van der Waals surface area (Å²) in [6.07, 6.45) is 4.88. The van der Waals surface area contributed by atoms with E-state index in [0.29, 0.717) is 6.61 Å². The summed E-state index contributed by atoms with van der Waals surface area (Å²) >= 11 is 0. The van der Waals surface area contributed by atoms with Crippen molar-refractivity contribution in [2.24, 2.45) is 5.73 Å². The molecule has 1 heterocycles. The Bertz CT molecular complexity index is 239. The zero-order valence-electron chi connectivity index (χ0n) is 9.31. The van der Waals surface area contributed by atoms with Crippen LogP contribution in [0.3, 0.4) is 0 Å². The van der Waals surface area contributed by atoms with E-state index in [2.05, 4.69) is 19.2 Å². The smallest absolute Gasteiger partial charge is 0.0802 e. The molecule has 2 atom stereocenters. The normalized spacial score (nSPS) is 31.9. The maximum Gasteiger partial charge on any atom is 0.0802 e. The molecule has 2 heteroatoms. The molecule has 1 fully saturated rings. The van der Waals surface area contributed by atoms with Gasteiger partial charge in [-0.3, -0.25) is 0 Å². The molecule has 1 aliphatic rings. The fourth-order valence-corrected chi connectivity index (χ4v) is 1.91. The van der Waals surface area contributed by atoms with E-state index < -0.39 is 0 Å². The SMILES string of the molecule is C=C=C1CO[C@@H](CCCCC)[C@]1(C)N. The van der Waals surface area contributed by atoms with E-state index in [-0.39, 0.29) is 11.6 Å². The summed E-state index contributed by atoms with van der Waals surface area (Å²) in [4.78, 5) is 0. The molecule has 0 spiro atoms. The number of hydrogen-bond acceptors (Lipinski definition) is 2. The van der Waals surface area contributed by atoms with Crippen molar-refractivity contribution in [3.8, 4) is 0 Å². The van der Waals surface area contributed by atoms with E-state index >= 15 is 0 Å². The third-order valence-corrected chi connectivity index (χ3v) is 3.03. The highest BCUT2D eigenvalue weighted by Crippen LogP contribution is 2.30. The number of rotatable bonds is 4. The van der Waals surface area contributed by atoms with Gasteiger partial charge in [0.2, 0.25) is 0 Å². The summed E-state index contributed by atoms with van der Waals surface area (Å²) in [7, 11) is 0. The lowest BCUT2D eigenvalue weighted by atomic mass is 9.88. The van der Waals surface area contributed by atoms with Crippen LogP contribution < -0.4 is 5.73 Å². The van der Waals surface area contributed by atoms with Gasteiger partial charge in [-0.25, -0.2) is 0 Å². The van der Waals surface area contributed by atoms with Crippen LogP contribution in [0.4, 0.5) is 0 Å². The van der Waals surface area contributed by atoms with Gasteiger partial charge in [-0.15, -0.1) is 5.73 Å². The number of hydrogen-bond donors (Lipinski definition) is 1. The van der Waals surface area contributed by atoms with Gasteiger partial charge < -0.3 is 10.5 Å². The van der Waals surface area contributed by atoms with Crippen LogP contribution >= 0.6 is 0 Å². The molecular weight excluding hydrogens is 174 g/mol. The third kappa shape index (κ3) is 2.27. The highest BCUT2D eigenvalue weighted by molar-refractivity contribution is 5.23. The molecular formula is C12H21NO. The van der Waals surface area contributed by atoms with E-state index in [0.717, 1.165) is 12.0 Å². The molecule has 0 aromatic heterocycles. The van der Waals surface area contributed by atoms with Gasteiger partial charge in [0, 0.05) is 5.57 Å². The summed E-state index contributed by atoms with van der Waals surface area (Å²) in [6, 6.07) is 0. The first-order valence-electron chi connectivity index (χ1n) is 5.42. The molecule has 0 radical (unpaired) electrons. The van der Waals surface area contributed by atoms with Crippen molar-refractivity contribution in [2.45, 2.75) is 51.2 Å². The fraction of sp³-hybridized carbons (Fsp3) is 0.750. The Hall–Kier alpha value is -0.560. The van der Waals surface area contributed by atoms with Gasteiger partial charge in [0.1, 0.15) is 0 Å². The van der Waals surface area contributed by atoms with Gasteiger partial charge in [0.15, 0.2) is 0 Å². The summed E-state index contributed by atoms with van der Waals surface area (Å²) in [6.45, 7) is 8.47. The van der Waals surface area contributed by atoms with Gasteiger partial charge in [0.05, 0.1) is 18.2 Å². The van der Waals surface area contributed by atoms with Crippen LogP contribution in [0.15, 0.2) is 17.9 Å². The van der Waals surface area contributed by atoms with E-state index in [9.17, 15) is 0 Å². The monoisotopic (exact) mass is 195 g/mol. The largest absolute Gasteiger partial charge is 0.371 e. The molecule has 14 heavy (non-hydrogen) atoms. The molecule has 0 aromatic rings. The molecule has 1 saturated heterocycles. The molecule has 0 aromatic carbocycles. The second-order valence-corrected chi connectivity index (χ2v) is 4.23. The minimum atomic E-state index is -0.352. The van der Waals surface area contributed by atoms with Gasteiger partial charge in [-0.2, -0.15) is 0 Å². The molecule has 2 nitrogen and oxygen atoms in total. The van der Waals surface area contributed by atoms with Crippen LogP contribution in [-0.4, -0.2) is 18.2 Å². The van der Waals surface area contributed by atoms with Crippen molar-refractivity contribution < 1.29 is 4.74 Å². The quantitative estimate of drug-likeness (QED) is 0.552. The topological polar surface area (TPSA) is 35.2 Å². The maximum absolute atomic E-state index is 6.19. The predicted molar refractivity (Wildman–Crippen MR) is 59.1 cm³/mol. The van der Waals surface area contributed by atoms with Crippen molar-refractivity contribution in [3.05, 3.63) is 17.9 Å². The first kappa shape index (κ1) is 11.5. The van der Waals surface area contributed by atoms with Crippen LogP contribution in [0.25, 0.3) is 0 Å². The average Bonchev–Trinajstić information content (AvgIpc) is 2.42. The van der Waals surface area contributed by atoms with Crippen LogP contribution in [0, 0.1) is 0 Å². The standard InChI is InChI=1S/C12H21NO/c1-4-6-7-8-11-12(3,13)10(5-2)9-14-11/h11H,2,4,6-9,13H2,1,3H3/t11-,12+/m0/s1. The minimum absolute atomic E-state index is 0.151. The number of ether oxygens (including phenoxy) is 1. The summed E-state index contributed by atoms with van der Waals surface area (Å²) in [5, 5.41) is 0. The Morgan fingerprint density at radius 3 is 2.86 bits per heavy atom. The van der Waals surface area contributed by atoms with Crippen LogP contribution in [0.1, 0.15) is 39.5 Å². The van der Waals surface area contributed by atoms with Crippen molar-refractivity contribution >= 4 is 0 Å². The Kier molecular flexibility index (Phi) is 3.94. The van der Waals surface area contributed by atoms with Gasteiger partial charge in [-0.05, 0) is 13.3 Å². The molecule has 1 aliphatic heterocycles. The zero-order valence-corrected chi connectivity index (χ0v) is 9.31. The lowest BCUT2D eigenvalue weighted by Crippen LogP contribution is -2.45. The molecule has 80 valence electrons. The highest BCUT2D eigenvalue weighted by Gasteiger charge is 2.40. The second-order valence-electron chi connectivity index (χ2n) is 4.23. The van der Waals surface area contributed by atoms with Crippen molar-refractivity contribution in [1.82, 2.24) is 0 Å². The summed E-state index contributed by atoms with van der Waals surface area (Å²) in [5.74, 6) is 0. The lowest BCUT2D eigenvalue weighted by Gasteiger charge is -2.25. The van der Waals surface area contributed by atoms with Crippen molar-refractivity contribution in [3.63, 3.8) is 0 Å². The zero-order chi connectivity index (χ0) is 10.6. The summed E-state index contributed by atoms with van der Waals surface area (Å²) < 4.78 is 5.65. The second kappa shape index (κ2) is 4.79. The minimum Gasteiger partial charge on any atom is -0.371 e. The van der Waals surface area contributed by atoms with Crippen molar-refractivity contribution in [1.29, 1.82) is 0 Å². The predicted octanol–water partition coefficient (Wildman–Crippen LogP) is 2.39. The first-order valence-corrected chi connectivity index (χ1v) is 5.42. The third-order valence-electron chi connectivity index (χ3n) is 3.03. The van der Waals surface area contributed by atoms with E-state index in [1.165, 1.54) is 19.3 Å². The van der Waals surface area contributed by atoms with Gasteiger partial charge in [-0.1, -0.05) is 32.8 Å². The average molecular weight is 195 g/mol. The first-order chi connectivity index (χ1) is 6.62. The molecule has 0 bridgehead atoms. The molecule has 2 N–H and O–H groups in total. The van der Waals surface area contributed by atoms with Crippen LogP contribution in [0.2, 0.25) is 0 Å². The van der Waals surface area contributed by atoms with E-state index in [1.54, 1.807) is 0 Å². The summed E-state index contributed by atoms with van der Waals surface area (Å²) in [5.41, 5.74) is 9.75. The van der Waals surface area contributed by atoms with Crippen LogP contribution in [0.5, 0.6) is 0 Å². The molecule has 1 rings (SSSR count). The van der Waals surface area contributed by atoms with E-state index in [4.69, 9.17) is 10.5 Å². The maximum atomic E-state index is 6.19. The van der Waals surface area contributed by atoms with Gasteiger partial charge >= 0.3 is 0 Å². The van der Waals surface area contributed by atoms with Crippen LogP contribution in [-0.2, 0) is 4.74 Å². The molecule has 0 unspecified atom stereocenters. The van der Waals surface area contributed by atoms with E-state index in [1.807, 2.05) is 6.92 Å². The fourth-order valence-electron chi connectivity index (χ4n) is 1.91. The lowest BCUT2D eigenvalue weighted by molar-refractivity contribution is 0.0758. The Morgan fingerprint density at radius 2 is 2.36 bits per heavy atom. The van der Waals surface area contributed by atoms with Crippen molar-refractivity contribution in [2.75, 3.05) is 6.61 Å². The molecule has 0 aliphatic carbocycles. The Morgan fingerprint density at radius 1 is 1.64 bits per heavy atom. The Balaban J connectivity index is 2.52. The molecule has 0 amide bonds. The Labute approximate surface area is 86.8 Å².